The molecule has 0 bridgehead atoms. The monoisotopic (exact) mass is 339 g/mol. The Hall–Kier alpha value is -2.93. The zero-order chi connectivity index (χ0) is 17.1. The molecule has 24 heavy (non-hydrogen) atoms. The first kappa shape index (κ1) is 15.9. The second kappa shape index (κ2) is 6.67. The van der Waals surface area contributed by atoms with Crippen LogP contribution in [0.4, 0.5) is 10.6 Å². The molecule has 1 aliphatic heterocycles. The van der Waals surface area contributed by atoms with Crippen LogP contribution in [-0.4, -0.2) is 22.0 Å². The van der Waals surface area contributed by atoms with E-state index in [1.54, 1.807) is 42.6 Å². The summed E-state index contributed by atoms with van der Waals surface area (Å²) < 4.78 is 0. The zero-order valence-electron chi connectivity index (χ0n) is 12.7. The van der Waals surface area contributed by atoms with Crippen molar-refractivity contribution in [2.24, 2.45) is 0 Å². The SMILES string of the molecule is Cc1cccnc1NC(=O)c1ccc(/C=C2\SC(=O)NC2=O)cc1. The lowest BCUT2D eigenvalue weighted by molar-refractivity contribution is -0.115. The van der Waals surface area contributed by atoms with E-state index in [4.69, 9.17) is 0 Å². The molecule has 1 aliphatic rings. The number of aryl methyl sites for hydroxylation is 1. The number of amides is 3. The summed E-state index contributed by atoms with van der Waals surface area (Å²) in [5, 5.41) is 4.57. The fourth-order valence-corrected chi connectivity index (χ4v) is 2.78. The van der Waals surface area contributed by atoms with Gasteiger partial charge in [0.1, 0.15) is 5.82 Å². The third kappa shape index (κ3) is 3.52. The molecule has 0 radical (unpaired) electrons. The van der Waals surface area contributed by atoms with Crippen LogP contribution in [0.3, 0.4) is 0 Å². The molecule has 1 fully saturated rings. The van der Waals surface area contributed by atoms with Crippen LogP contribution in [0.25, 0.3) is 6.08 Å². The quantitative estimate of drug-likeness (QED) is 0.839. The molecule has 6 nitrogen and oxygen atoms in total. The number of anilines is 1. The van der Waals surface area contributed by atoms with E-state index in [0.29, 0.717) is 16.3 Å². The highest BCUT2D eigenvalue weighted by Crippen LogP contribution is 2.25. The first-order chi connectivity index (χ1) is 11.5. The molecular formula is C17H13N3O3S. The number of thioether (sulfide) groups is 1. The van der Waals surface area contributed by atoms with E-state index in [9.17, 15) is 14.4 Å². The summed E-state index contributed by atoms with van der Waals surface area (Å²) in [6, 6.07) is 10.4. The van der Waals surface area contributed by atoms with Gasteiger partial charge in [-0.2, -0.15) is 0 Å². The number of aromatic nitrogens is 1. The Bertz CT molecular complexity index is 860. The van der Waals surface area contributed by atoms with Crippen molar-refractivity contribution >= 4 is 40.7 Å². The van der Waals surface area contributed by atoms with Crippen LogP contribution in [0.1, 0.15) is 21.5 Å². The second-order valence-corrected chi connectivity index (χ2v) is 6.11. The molecule has 1 aromatic heterocycles. The normalized spacial score (nSPS) is 15.5. The number of imide groups is 1. The Kier molecular flexibility index (Phi) is 4.43. The molecule has 120 valence electrons. The topological polar surface area (TPSA) is 88.2 Å². The van der Waals surface area contributed by atoms with Gasteiger partial charge in [0.15, 0.2) is 0 Å². The maximum atomic E-state index is 12.2. The lowest BCUT2D eigenvalue weighted by atomic mass is 10.1. The standard InChI is InChI=1S/C17H13N3O3S/c1-10-3-2-8-18-14(10)19-15(21)12-6-4-11(5-7-12)9-13-16(22)20-17(23)24-13/h2-9H,1H3,(H,18,19,21)(H,20,22,23)/b13-9-. The Labute approximate surface area is 142 Å². The molecule has 0 spiro atoms. The number of rotatable bonds is 3. The number of pyridine rings is 1. The first-order valence-electron chi connectivity index (χ1n) is 7.11. The molecule has 0 unspecified atom stereocenters. The second-order valence-electron chi connectivity index (χ2n) is 5.10. The Morgan fingerprint density at radius 2 is 1.96 bits per heavy atom. The number of nitrogens with zero attached hydrogens (tertiary/aromatic N) is 1. The number of nitrogens with one attached hydrogen (secondary N) is 2. The van der Waals surface area contributed by atoms with E-state index in [1.807, 2.05) is 13.0 Å². The zero-order valence-corrected chi connectivity index (χ0v) is 13.5. The van der Waals surface area contributed by atoms with Crippen LogP contribution in [0.5, 0.6) is 0 Å². The summed E-state index contributed by atoms with van der Waals surface area (Å²) >= 11 is 0.856. The molecule has 2 N–H and O–H groups in total. The Morgan fingerprint density at radius 3 is 2.58 bits per heavy atom. The summed E-state index contributed by atoms with van der Waals surface area (Å²) in [4.78, 5) is 39.3. The number of hydrogen-bond acceptors (Lipinski definition) is 5. The van der Waals surface area contributed by atoms with E-state index in [2.05, 4.69) is 15.6 Å². The molecule has 2 heterocycles. The third-order valence-electron chi connectivity index (χ3n) is 3.35. The van der Waals surface area contributed by atoms with Gasteiger partial charge in [0.05, 0.1) is 4.91 Å². The van der Waals surface area contributed by atoms with Crippen molar-refractivity contribution in [2.45, 2.75) is 6.92 Å². The van der Waals surface area contributed by atoms with Crippen molar-refractivity contribution in [3.8, 4) is 0 Å². The smallest absolute Gasteiger partial charge is 0.290 e. The van der Waals surface area contributed by atoms with Crippen LogP contribution < -0.4 is 10.6 Å². The molecule has 0 aliphatic carbocycles. The molecular weight excluding hydrogens is 326 g/mol. The van der Waals surface area contributed by atoms with Gasteiger partial charge in [-0.15, -0.1) is 0 Å². The van der Waals surface area contributed by atoms with Crippen LogP contribution >= 0.6 is 11.8 Å². The van der Waals surface area contributed by atoms with Gasteiger partial charge in [-0.05, 0) is 54.1 Å². The molecule has 2 aromatic rings. The number of hydrogen-bond donors (Lipinski definition) is 2. The predicted molar refractivity (Wildman–Crippen MR) is 92.5 cm³/mol. The van der Waals surface area contributed by atoms with Gasteiger partial charge in [-0.25, -0.2) is 4.98 Å². The number of carbonyl (C=O) groups excluding carboxylic acids is 3. The van der Waals surface area contributed by atoms with Crippen molar-refractivity contribution in [2.75, 3.05) is 5.32 Å². The van der Waals surface area contributed by atoms with E-state index in [-0.39, 0.29) is 11.1 Å². The van der Waals surface area contributed by atoms with Crippen LogP contribution in [0, 0.1) is 6.92 Å². The predicted octanol–water partition coefficient (Wildman–Crippen LogP) is 2.97. The van der Waals surface area contributed by atoms with Gasteiger partial charge >= 0.3 is 0 Å². The maximum absolute atomic E-state index is 12.2. The average Bonchev–Trinajstić information content (AvgIpc) is 2.88. The third-order valence-corrected chi connectivity index (χ3v) is 4.16. The minimum absolute atomic E-state index is 0.265. The van der Waals surface area contributed by atoms with E-state index in [1.165, 1.54) is 0 Å². The van der Waals surface area contributed by atoms with Gasteiger partial charge < -0.3 is 5.32 Å². The summed E-state index contributed by atoms with van der Waals surface area (Å²) in [5.41, 5.74) is 2.08. The summed E-state index contributed by atoms with van der Waals surface area (Å²) in [6.07, 6.45) is 3.22. The average molecular weight is 339 g/mol. The van der Waals surface area contributed by atoms with Gasteiger partial charge in [-0.3, -0.25) is 19.7 Å². The highest BCUT2D eigenvalue weighted by molar-refractivity contribution is 8.18. The summed E-state index contributed by atoms with van der Waals surface area (Å²) in [7, 11) is 0. The van der Waals surface area contributed by atoms with Crippen molar-refractivity contribution < 1.29 is 14.4 Å². The summed E-state index contributed by atoms with van der Waals surface area (Å²) in [6.45, 7) is 1.86. The molecule has 3 amide bonds. The minimum Gasteiger partial charge on any atom is -0.306 e. The highest BCUT2D eigenvalue weighted by atomic mass is 32.2. The fourth-order valence-electron chi connectivity index (χ4n) is 2.10. The molecule has 1 aromatic carbocycles. The van der Waals surface area contributed by atoms with E-state index < -0.39 is 5.91 Å². The van der Waals surface area contributed by atoms with Gasteiger partial charge in [0, 0.05) is 11.8 Å². The number of carbonyl (C=O) groups is 3. The van der Waals surface area contributed by atoms with Crippen LogP contribution in [0.15, 0.2) is 47.5 Å². The van der Waals surface area contributed by atoms with Crippen LogP contribution in [-0.2, 0) is 4.79 Å². The summed E-state index contributed by atoms with van der Waals surface area (Å²) in [5.74, 6) is -0.150. The fraction of sp³-hybridized carbons (Fsp3) is 0.0588. The molecule has 1 saturated heterocycles. The van der Waals surface area contributed by atoms with Gasteiger partial charge in [-0.1, -0.05) is 18.2 Å². The molecule has 0 atom stereocenters. The Morgan fingerprint density at radius 1 is 1.21 bits per heavy atom. The highest BCUT2D eigenvalue weighted by Gasteiger charge is 2.24. The molecule has 7 heteroatoms. The van der Waals surface area contributed by atoms with Gasteiger partial charge in [0.25, 0.3) is 17.1 Å². The Balaban J connectivity index is 1.74. The first-order valence-corrected chi connectivity index (χ1v) is 7.92. The maximum Gasteiger partial charge on any atom is 0.290 e. The van der Waals surface area contributed by atoms with Gasteiger partial charge in [0.2, 0.25) is 0 Å². The molecule has 0 saturated carbocycles. The van der Waals surface area contributed by atoms with E-state index in [0.717, 1.165) is 22.9 Å². The van der Waals surface area contributed by atoms with Crippen molar-refractivity contribution in [1.82, 2.24) is 10.3 Å². The minimum atomic E-state index is -0.405. The largest absolute Gasteiger partial charge is 0.306 e. The lowest BCUT2D eigenvalue weighted by Gasteiger charge is -2.07. The lowest BCUT2D eigenvalue weighted by Crippen LogP contribution is -2.17. The van der Waals surface area contributed by atoms with E-state index >= 15 is 0 Å². The van der Waals surface area contributed by atoms with Crippen molar-refractivity contribution in [1.29, 1.82) is 0 Å². The van der Waals surface area contributed by atoms with Crippen LogP contribution in [0.2, 0.25) is 0 Å². The van der Waals surface area contributed by atoms with Crippen molar-refractivity contribution in [3.63, 3.8) is 0 Å². The molecule has 3 rings (SSSR count). The van der Waals surface area contributed by atoms with Crippen molar-refractivity contribution in [3.05, 3.63) is 64.2 Å². The number of benzene rings is 1.